The maximum atomic E-state index is 12.0. The quantitative estimate of drug-likeness (QED) is 0.689. The summed E-state index contributed by atoms with van der Waals surface area (Å²) in [4.78, 5) is 19.6. The van der Waals surface area contributed by atoms with Crippen molar-refractivity contribution in [2.75, 3.05) is 12.4 Å². The van der Waals surface area contributed by atoms with E-state index in [1.54, 1.807) is 25.9 Å². The van der Waals surface area contributed by atoms with E-state index in [1.807, 2.05) is 0 Å². The Morgan fingerprint density at radius 1 is 1.50 bits per heavy atom. The standard InChI is InChI=1S/C12H16N4O2S2/c1-15-9-8(10(19)16(2)12(15)17)13-11(14-9)20-6-7-4-3-5-18-7/h7H,3-6H2,1-2H3,(H,13,14)/t7-/m0/s1. The van der Waals surface area contributed by atoms with Gasteiger partial charge in [-0.25, -0.2) is 9.78 Å². The van der Waals surface area contributed by atoms with Crippen LogP contribution in [0, 0.1) is 4.64 Å². The molecule has 1 atom stereocenters. The van der Waals surface area contributed by atoms with Gasteiger partial charge in [0.2, 0.25) is 0 Å². The third-order valence-electron chi connectivity index (χ3n) is 3.50. The largest absolute Gasteiger partial charge is 0.377 e. The normalized spacial score (nSPS) is 19.0. The van der Waals surface area contributed by atoms with Gasteiger partial charge in [-0.1, -0.05) is 24.0 Å². The molecule has 108 valence electrons. The van der Waals surface area contributed by atoms with Crippen molar-refractivity contribution in [3.8, 4) is 0 Å². The topological polar surface area (TPSA) is 64.8 Å². The SMILES string of the molecule is Cn1c(=S)c2[nH]c(SC[C@@H]3CCCO3)nc2n(C)c1=O. The summed E-state index contributed by atoms with van der Waals surface area (Å²) in [7, 11) is 3.37. The van der Waals surface area contributed by atoms with Gasteiger partial charge in [-0.2, -0.15) is 0 Å². The Balaban J connectivity index is 1.94. The molecule has 0 aliphatic carbocycles. The number of H-pyrrole nitrogens is 1. The second-order valence-corrected chi connectivity index (χ2v) is 6.29. The zero-order valence-electron chi connectivity index (χ0n) is 11.4. The van der Waals surface area contributed by atoms with Gasteiger partial charge >= 0.3 is 5.69 Å². The lowest BCUT2D eigenvalue weighted by molar-refractivity contribution is 0.129. The van der Waals surface area contributed by atoms with E-state index in [0.29, 0.717) is 16.4 Å². The monoisotopic (exact) mass is 312 g/mol. The zero-order chi connectivity index (χ0) is 14.3. The first-order valence-electron chi connectivity index (χ1n) is 6.48. The summed E-state index contributed by atoms with van der Waals surface area (Å²) in [6.07, 6.45) is 2.54. The number of fused-ring (bicyclic) bond motifs is 1. The highest BCUT2D eigenvalue weighted by atomic mass is 32.2. The van der Waals surface area contributed by atoms with Crippen LogP contribution in [0.3, 0.4) is 0 Å². The van der Waals surface area contributed by atoms with Crippen LogP contribution in [0.4, 0.5) is 0 Å². The van der Waals surface area contributed by atoms with Crippen molar-refractivity contribution < 1.29 is 4.74 Å². The van der Waals surface area contributed by atoms with Crippen LogP contribution in [0.25, 0.3) is 11.2 Å². The van der Waals surface area contributed by atoms with Gasteiger partial charge in [0.05, 0.1) is 6.10 Å². The van der Waals surface area contributed by atoms with Gasteiger partial charge in [0.15, 0.2) is 10.8 Å². The maximum Gasteiger partial charge on any atom is 0.330 e. The lowest BCUT2D eigenvalue weighted by Crippen LogP contribution is -2.27. The molecule has 0 spiro atoms. The number of hydrogen-bond acceptors (Lipinski definition) is 5. The summed E-state index contributed by atoms with van der Waals surface area (Å²) in [5.41, 5.74) is 1.18. The molecule has 0 unspecified atom stereocenters. The zero-order valence-corrected chi connectivity index (χ0v) is 13.0. The van der Waals surface area contributed by atoms with Gasteiger partial charge in [-0.15, -0.1) is 0 Å². The van der Waals surface area contributed by atoms with Crippen LogP contribution < -0.4 is 5.69 Å². The first-order chi connectivity index (χ1) is 9.58. The van der Waals surface area contributed by atoms with Crippen LogP contribution in [0.5, 0.6) is 0 Å². The molecular formula is C12H16N4O2S2. The van der Waals surface area contributed by atoms with Crippen molar-refractivity contribution in [3.63, 3.8) is 0 Å². The number of thioether (sulfide) groups is 1. The highest BCUT2D eigenvalue weighted by Crippen LogP contribution is 2.23. The molecular weight excluding hydrogens is 296 g/mol. The van der Waals surface area contributed by atoms with E-state index >= 15 is 0 Å². The maximum absolute atomic E-state index is 12.0. The van der Waals surface area contributed by atoms with Crippen LogP contribution in [0.1, 0.15) is 12.8 Å². The van der Waals surface area contributed by atoms with Crippen molar-refractivity contribution >= 4 is 35.1 Å². The fourth-order valence-electron chi connectivity index (χ4n) is 2.32. The molecule has 2 aromatic heterocycles. The number of aryl methyl sites for hydroxylation is 1. The van der Waals surface area contributed by atoms with Gasteiger partial charge in [-0.3, -0.25) is 9.13 Å². The summed E-state index contributed by atoms with van der Waals surface area (Å²) in [6.45, 7) is 0.853. The van der Waals surface area contributed by atoms with Crippen LogP contribution in [0.15, 0.2) is 9.95 Å². The lowest BCUT2D eigenvalue weighted by atomic mass is 10.3. The molecule has 0 bridgehead atoms. The molecule has 3 rings (SSSR count). The Morgan fingerprint density at radius 2 is 2.30 bits per heavy atom. The average Bonchev–Trinajstić information content (AvgIpc) is 3.09. The summed E-state index contributed by atoms with van der Waals surface area (Å²) in [5, 5.41) is 0.780. The fraction of sp³-hybridized carbons (Fsp3) is 0.583. The second kappa shape index (κ2) is 5.34. The van der Waals surface area contributed by atoms with Crippen molar-refractivity contribution in [2.45, 2.75) is 24.1 Å². The highest BCUT2D eigenvalue weighted by Gasteiger charge is 2.17. The van der Waals surface area contributed by atoms with E-state index in [4.69, 9.17) is 17.0 Å². The van der Waals surface area contributed by atoms with Crippen LogP contribution >= 0.6 is 24.0 Å². The molecule has 6 nitrogen and oxygen atoms in total. The minimum Gasteiger partial charge on any atom is -0.377 e. The highest BCUT2D eigenvalue weighted by molar-refractivity contribution is 7.99. The van der Waals surface area contributed by atoms with Gasteiger partial charge in [0.25, 0.3) is 0 Å². The van der Waals surface area contributed by atoms with Gasteiger partial charge in [0, 0.05) is 26.5 Å². The van der Waals surface area contributed by atoms with Crippen molar-refractivity contribution in [2.24, 2.45) is 14.1 Å². The van der Waals surface area contributed by atoms with E-state index < -0.39 is 0 Å². The summed E-state index contributed by atoms with van der Waals surface area (Å²) >= 11 is 6.90. The number of rotatable bonds is 3. The molecule has 3 heterocycles. The first kappa shape index (κ1) is 13.8. The molecule has 1 saturated heterocycles. The first-order valence-corrected chi connectivity index (χ1v) is 7.87. The Morgan fingerprint density at radius 3 is 3.00 bits per heavy atom. The minimum atomic E-state index is -0.162. The Bertz CT molecular complexity index is 755. The molecule has 20 heavy (non-hydrogen) atoms. The molecule has 1 N–H and O–H groups in total. The van der Waals surface area contributed by atoms with Gasteiger partial charge < -0.3 is 9.72 Å². The minimum absolute atomic E-state index is 0.162. The van der Waals surface area contributed by atoms with E-state index in [9.17, 15) is 4.79 Å². The number of nitrogens with one attached hydrogen (secondary N) is 1. The summed E-state index contributed by atoms with van der Waals surface area (Å²) < 4.78 is 9.04. The van der Waals surface area contributed by atoms with Crippen molar-refractivity contribution in [1.82, 2.24) is 19.1 Å². The predicted molar refractivity (Wildman–Crippen MR) is 80.8 cm³/mol. The molecule has 0 amide bonds. The Labute approximate surface area is 125 Å². The molecule has 0 saturated carbocycles. The van der Waals surface area contributed by atoms with Gasteiger partial charge in [-0.05, 0) is 12.8 Å². The molecule has 1 fully saturated rings. The van der Waals surface area contributed by atoms with Crippen LogP contribution in [-0.4, -0.2) is 37.6 Å². The molecule has 1 aliphatic rings. The molecule has 8 heteroatoms. The number of nitrogens with zero attached hydrogens (tertiary/aromatic N) is 3. The smallest absolute Gasteiger partial charge is 0.330 e. The summed E-state index contributed by atoms with van der Waals surface area (Å²) in [5.74, 6) is 0.868. The van der Waals surface area contributed by atoms with Crippen LogP contribution in [0.2, 0.25) is 0 Å². The number of imidazole rings is 1. The number of hydrogen-bond donors (Lipinski definition) is 1. The lowest BCUT2D eigenvalue weighted by Gasteiger charge is -2.05. The van der Waals surface area contributed by atoms with E-state index in [2.05, 4.69) is 9.97 Å². The third kappa shape index (κ3) is 2.32. The van der Waals surface area contributed by atoms with E-state index in [0.717, 1.165) is 35.9 Å². The van der Waals surface area contributed by atoms with Crippen molar-refractivity contribution in [3.05, 3.63) is 15.1 Å². The number of aromatic nitrogens is 4. The molecule has 1 aliphatic heterocycles. The summed E-state index contributed by atoms with van der Waals surface area (Å²) in [6, 6.07) is 0. The van der Waals surface area contributed by atoms with Gasteiger partial charge in [0.1, 0.15) is 10.2 Å². The van der Waals surface area contributed by atoms with Crippen molar-refractivity contribution in [1.29, 1.82) is 0 Å². The molecule has 0 radical (unpaired) electrons. The third-order valence-corrected chi connectivity index (χ3v) is 4.99. The fourth-order valence-corrected chi connectivity index (χ4v) is 3.47. The second-order valence-electron chi connectivity index (χ2n) is 4.89. The average molecular weight is 312 g/mol. The Kier molecular flexibility index (Phi) is 3.70. The predicted octanol–water partition coefficient (Wildman–Crippen LogP) is 1.60. The number of aromatic amines is 1. The molecule has 0 aromatic carbocycles. The van der Waals surface area contributed by atoms with Crippen LogP contribution in [-0.2, 0) is 18.8 Å². The van der Waals surface area contributed by atoms with E-state index in [1.165, 1.54) is 9.13 Å². The molecule has 2 aromatic rings. The number of ether oxygens (including phenoxy) is 1. The van der Waals surface area contributed by atoms with E-state index in [-0.39, 0.29) is 5.69 Å². The Hall–Kier alpha value is -1.12.